The molecule has 0 radical (unpaired) electrons. The van der Waals surface area contributed by atoms with Crippen molar-refractivity contribution >= 4 is 0 Å². The van der Waals surface area contributed by atoms with Crippen LogP contribution >= 0.6 is 0 Å². The van der Waals surface area contributed by atoms with E-state index in [4.69, 9.17) is 0 Å². The van der Waals surface area contributed by atoms with Crippen molar-refractivity contribution in [3.8, 4) is 0 Å². The van der Waals surface area contributed by atoms with E-state index in [2.05, 4.69) is 30.4 Å². The van der Waals surface area contributed by atoms with Gasteiger partial charge in [-0.2, -0.15) is 0 Å². The molecule has 12 heavy (non-hydrogen) atoms. The van der Waals surface area contributed by atoms with Gasteiger partial charge in [0.2, 0.25) is 0 Å². The molecule has 0 aliphatic carbocycles. The molecule has 1 aromatic rings. The SMILES string of the molecule is CC(C)CCCc1nccn1C. The van der Waals surface area contributed by atoms with Crippen molar-refractivity contribution in [2.75, 3.05) is 0 Å². The number of rotatable bonds is 4. The Kier molecular flexibility index (Phi) is 3.32. The maximum Gasteiger partial charge on any atom is 0.108 e. The lowest BCUT2D eigenvalue weighted by molar-refractivity contribution is 0.545. The molecule has 0 aliphatic heterocycles. The Bertz CT molecular complexity index is 225. The highest BCUT2D eigenvalue weighted by Gasteiger charge is 1.99. The van der Waals surface area contributed by atoms with Crippen LogP contribution in [0.4, 0.5) is 0 Å². The van der Waals surface area contributed by atoms with Crippen LogP contribution in [0.3, 0.4) is 0 Å². The van der Waals surface area contributed by atoms with E-state index < -0.39 is 0 Å². The molecular weight excluding hydrogens is 148 g/mol. The van der Waals surface area contributed by atoms with E-state index in [-0.39, 0.29) is 0 Å². The fourth-order valence-corrected chi connectivity index (χ4v) is 1.31. The highest BCUT2D eigenvalue weighted by Crippen LogP contribution is 2.07. The monoisotopic (exact) mass is 166 g/mol. The third-order valence-corrected chi connectivity index (χ3v) is 2.10. The van der Waals surface area contributed by atoms with Gasteiger partial charge < -0.3 is 4.57 Å². The van der Waals surface area contributed by atoms with Crippen molar-refractivity contribution < 1.29 is 0 Å². The van der Waals surface area contributed by atoms with Gasteiger partial charge in [0.25, 0.3) is 0 Å². The molecule has 0 fully saturated rings. The molecule has 2 heteroatoms. The van der Waals surface area contributed by atoms with Crippen molar-refractivity contribution in [3.63, 3.8) is 0 Å². The molecule has 0 saturated carbocycles. The minimum Gasteiger partial charge on any atom is -0.338 e. The molecular formula is C10H18N2. The van der Waals surface area contributed by atoms with Gasteiger partial charge in [0.05, 0.1) is 0 Å². The molecule has 0 amide bonds. The van der Waals surface area contributed by atoms with Crippen LogP contribution in [0.2, 0.25) is 0 Å². The van der Waals surface area contributed by atoms with Gasteiger partial charge in [-0.3, -0.25) is 0 Å². The molecule has 0 atom stereocenters. The summed E-state index contributed by atoms with van der Waals surface area (Å²) in [6.07, 6.45) is 7.53. The van der Waals surface area contributed by atoms with Crippen molar-refractivity contribution in [1.29, 1.82) is 0 Å². The van der Waals surface area contributed by atoms with Gasteiger partial charge in [0.1, 0.15) is 5.82 Å². The summed E-state index contributed by atoms with van der Waals surface area (Å²) in [7, 11) is 2.05. The van der Waals surface area contributed by atoms with Gasteiger partial charge in [-0.25, -0.2) is 4.98 Å². The number of nitrogens with zero attached hydrogens (tertiary/aromatic N) is 2. The molecule has 1 aromatic heterocycles. The topological polar surface area (TPSA) is 17.8 Å². The number of hydrogen-bond acceptors (Lipinski definition) is 1. The second-order valence-electron chi connectivity index (χ2n) is 3.74. The lowest BCUT2D eigenvalue weighted by Gasteiger charge is -2.03. The summed E-state index contributed by atoms with van der Waals surface area (Å²) in [5.41, 5.74) is 0. The van der Waals surface area contributed by atoms with Gasteiger partial charge in [0.15, 0.2) is 0 Å². The maximum absolute atomic E-state index is 4.28. The highest BCUT2D eigenvalue weighted by molar-refractivity contribution is 4.90. The first-order valence-electron chi connectivity index (χ1n) is 4.66. The molecule has 2 nitrogen and oxygen atoms in total. The van der Waals surface area contributed by atoms with Gasteiger partial charge >= 0.3 is 0 Å². The summed E-state index contributed by atoms with van der Waals surface area (Å²) in [6, 6.07) is 0. The molecule has 1 heterocycles. The summed E-state index contributed by atoms with van der Waals surface area (Å²) in [5.74, 6) is 2.01. The zero-order chi connectivity index (χ0) is 8.97. The first-order valence-corrected chi connectivity index (χ1v) is 4.66. The van der Waals surface area contributed by atoms with Crippen LogP contribution in [0, 0.1) is 5.92 Å². The number of aryl methyl sites for hydroxylation is 2. The average Bonchev–Trinajstić information content (AvgIpc) is 2.36. The van der Waals surface area contributed by atoms with E-state index in [1.807, 2.05) is 12.4 Å². The van der Waals surface area contributed by atoms with Crippen molar-refractivity contribution in [3.05, 3.63) is 18.2 Å². The Morgan fingerprint density at radius 2 is 2.25 bits per heavy atom. The average molecular weight is 166 g/mol. The summed E-state index contributed by atoms with van der Waals surface area (Å²) < 4.78 is 2.10. The zero-order valence-corrected chi connectivity index (χ0v) is 8.25. The van der Waals surface area contributed by atoms with Gasteiger partial charge in [-0.15, -0.1) is 0 Å². The third-order valence-electron chi connectivity index (χ3n) is 2.10. The van der Waals surface area contributed by atoms with E-state index in [1.165, 1.54) is 18.7 Å². The maximum atomic E-state index is 4.28. The van der Waals surface area contributed by atoms with Gasteiger partial charge in [-0.1, -0.05) is 20.3 Å². The Hall–Kier alpha value is -0.790. The highest BCUT2D eigenvalue weighted by atomic mass is 15.0. The van der Waals surface area contributed by atoms with Crippen LogP contribution in [0.15, 0.2) is 12.4 Å². The summed E-state index contributed by atoms with van der Waals surface area (Å²) in [6.45, 7) is 4.52. The molecule has 0 spiro atoms. The van der Waals surface area contributed by atoms with Crippen LogP contribution in [0.5, 0.6) is 0 Å². The fourth-order valence-electron chi connectivity index (χ4n) is 1.31. The van der Waals surface area contributed by atoms with Gasteiger partial charge in [-0.05, 0) is 12.3 Å². The molecule has 1 rings (SSSR count). The fraction of sp³-hybridized carbons (Fsp3) is 0.700. The largest absolute Gasteiger partial charge is 0.338 e. The van der Waals surface area contributed by atoms with Crippen molar-refractivity contribution in [1.82, 2.24) is 9.55 Å². The standard InChI is InChI=1S/C10H18N2/c1-9(2)5-4-6-10-11-7-8-12(10)3/h7-9H,4-6H2,1-3H3. The predicted octanol–water partition coefficient (Wildman–Crippen LogP) is 2.40. The molecule has 0 unspecified atom stereocenters. The van der Waals surface area contributed by atoms with E-state index in [0.717, 1.165) is 12.3 Å². The summed E-state index contributed by atoms with van der Waals surface area (Å²) in [4.78, 5) is 4.28. The van der Waals surface area contributed by atoms with E-state index in [9.17, 15) is 0 Å². The molecule has 0 N–H and O–H groups in total. The lowest BCUT2D eigenvalue weighted by Crippen LogP contribution is -1.98. The molecule has 0 aromatic carbocycles. The molecule has 0 aliphatic rings. The second-order valence-corrected chi connectivity index (χ2v) is 3.74. The first-order chi connectivity index (χ1) is 5.70. The predicted molar refractivity (Wildman–Crippen MR) is 51.0 cm³/mol. The Balaban J connectivity index is 2.29. The van der Waals surface area contributed by atoms with Crippen LogP contribution < -0.4 is 0 Å². The number of aromatic nitrogens is 2. The van der Waals surface area contributed by atoms with E-state index in [0.29, 0.717) is 0 Å². The minimum absolute atomic E-state index is 0.810. The van der Waals surface area contributed by atoms with E-state index in [1.54, 1.807) is 0 Å². The second kappa shape index (κ2) is 4.29. The summed E-state index contributed by atoms with van der Waals surface area (Å²) >= 11 is 0. The normalized spacial score (nSPS) is 11.0. The van der Waals surface area contributed by atoms with E-state index >= 15 is 0 Å². The van der Waals surface area contributed by atoms with Crippen molar-refractivity contribution in [2.24, 2.45) is 13.0 Å². The third kappa shape index (κ3) is 2.68. The van der Waals surface area contributed by atoms with Crippen LogP contribution in [0.1, 0.15) is 32.5 Å². The van der Waals surface area contributed by atoms with Crippen molar-refractivity contribution in [2.45, 2.75) is 33.1 Å². The molecule has 0 bridgehead atoms. The van der Waals surface area contributed by atoms with Crippen LogP contribution in [-0.4, -0.2) is 9.55 Å². The number of imidazole rings is 1. The number of hydrogen-bond donors (Lipinski definition) is 0. The first kappa shape index (κ1) is 9.30. The van der Waals surface area contributed by atoms with Crippen LogP contribution in [0.25, 0.3) is 0 Å². The Labute approximate surface area is 74.6 Å². The molecule has 68 valence electrons. The van der Waals surface area contributed by atoms with Gasteiger partial charge in [0, 0.05) is 25.9 Å². The quantitative estimate of drug-likeness (QED) is 0.671. The Morgan fingerprint density at radius 1 is 1.50 bits per heavy atom. The summed E-state index contributed by atoms with van der Waals surface area (Å²) in [5, 5.41) is 0. The minimum atomic E-state index is 0.810. The zero-order valence-electron chi connectivity index (χ0n) is 8.25. The lowest BCUT2D eigenvalue weighted by atomic mass is 10.1. The smallest absolute Gasteiger partial charge is 0.108 e. The molecule has 0 saturated heterocycles. The van der Waals surface area contributed by atoms with Crippen LogP contribution in [-0.2, 0) is 13.5 Å². The Morgan fingerprint density at radius 3 is 2.75 bits per heavy atom.